The van der Waals surface area contributed by atoms with Crippen molar-refractivity contribution in [3.63, 3.8) is 0 Å². The molecular weight excluding hydrogens is 320 g/mol. The second-order valence-corrected chi connectivity index (χ2v) is 6.93. The minimum absolute atomic E-state index is 0.103. The standard InChI is InChI=1S/C16H15BrOS/c17-12-8-13(19-10-12)9-16(18)15-7-3-5-11-4-1-2-6-14(11)15/h1-2,4,6,8,10,15H,3,5,7,9H2. The number of Topliss-reactive ketones (excluding diaryl/α,β-unsaturated/α-hetero) is 1. The molecule has 1 aromatic carbocycles. The fourth-order valence-corrected chi connectivity index (χ4v) is 4.29. The number of thiophene rings is 1. The molecule has 0 saturated carbocycles. The smallest absolute Gasteiger partial charge is 0.145 e. The van der Waals surface area contributed by atoms with Gasteiger partial charge in [-0.15, -0.1) is 11.3 Å². The summed E-state index contributed by atoms with van der Waals surface area (Å²) in [5.41, 5.74) is 2.62. The summed E-state index contributed by atoms with van der Waals surface area (Å²) in [5, 5.41) is 2.04. The lowest BCUT2D eigenvalue weighted by Gasteiger charge is -2.24. The molecule has 1 atom stereocenters. The fraction of sp³-hybridized carbons (Fsp3) is 0.312. The maximum atomic E-state index is 12.5. The lowest BCUT2D eigenvalue weighted by Crippen LogP contribution is -2.19. The van der Waals surface area contributed by atoms with Crippen molar-refractivity contribution in [1.82, 2.24) is 0 Å². The maximum Gasteiger partial charge on any atom is 0.145 e. The van der Waals surface area contributed by atoms with Gasteiger partial charge in [0.2, 0.25) is 0 Å². The number of carbonyl (C=O) groups excluding carboxylic acids is 1. The van der Waals surface area contributed by atoms with Gasteiger partial charge in [0.05, 0.1) is 0 Å². The molecule has 1 aromatic heterocycles. The van der Waals surface area contributed by atoms with Gasteiger partial charge in [0.1, 0.15) is 5.78 Å². The minimum atomic E-state index is 0.103. The first-order valence-electron chi connectivity index (χ1n) is 6.57. The number of aryl methyl sites for hydroxylation is 1. The predicted molar refractivity (Wildman–Crippen MR) is 82.9 cm³/mol. The molecule has 0 fully saturated rings. The maximum absolute atomic E-state index is 12.5. The molecule has 98 valence electrons. The topological polar surface area (TPSA) is 17.1 Å². The first kappa shape index (κ1) is 13.1. The number of halogens is 1. The van der Waals surface area contributed by atoms with Crippen LogP contribution in [-0.4, -0.2) is 5.78 Å². The Morgan fingerprint density at radius 3 is 3.00 bits per heavy atom. The Kier molecular flexibility index (Phi) is 3.85. The third-order valence-corrected chi connectivity index (χ3v) is 5.43. The Bertz CT molecular complexity index is 602. The summed E-state index contributed by atoms with van der Waals surface area (Å²) in [6, 6.07) is 10.5. The fourth-order valence-electron chi connectivity index (χ4n) is 2.83. The van der Waals surface area contributed by atoms with E-state index in [9.17, 15) is 4.79 Å². The second-order valence-electron chi connectivity index (χ2n) is 5.02. The molecule has 0 radical (unpaired) electrons. The summed E-state index contributed by atoms with van der Waals surface area (Å²) >= 11 is 5.10. The molecule has 0 saturated heterocycles. The molecule has 19 heavy (non-hydrogen) atoms. The summed E-state index contributed by atoms with van der Waals surface area (Å²) in [5.74, 6) is 0.465. The molecule has 0 aliphatic heterocycles. The number of hydrogen-bond acceptors (Lipinski definition) is 2. The van der Waals surface area contributed by atoms with Crippen molar-refractivity contribution in [2.75, 3.05) is 0 Å². The van der Waals surface area contributed by atoms with Crippen LogP contribution in [-0.2, 0) is 17.6 Å². The molecule has 1 unspecified atom stereocenters. The highest BCUT2D eigenvalue weighted by molar-refractivity contribution is 9.10. The van der Waals surface area contributed by atoms with Gasteiger partial charge in [-0.25, -0.2) is 0 Å². The van der Waals surface area contributed by atoms with Crippen LogP contribution >= 0.6 is 27.3 Å². The van der Waals surface area contributed by atoms with Crippen LogP contribution in [0.15, 0.2) is 40.2 Å². The molecule has 3 rings (SSSR count). The van der Waals surface area contributed by atoms with Crippen molar-refractivity contribution < 1.29 is 4.79 Å². The zero-order chi connectivity index (χ0) is 13.2. The highest BCUT2D eigenvalue weighted by atomic mass is 79.9. The van der Waals surface area contributed by atoms with Gasteiger partial charge in [-0.2, -0.15) is 0 Å². The number of hydrogen-bond donors (Lipinski definition) is 0. The monoisotopic (exact) mass is 334 g/mol. The molecule has 0 bridgehead atoms. The van der Waals surface area contributed by atoms with Gasteiger partial charge in [-0.1, -0.05) is 24.3 Å². The highest BCUT2D eigenvalue weighted by Crippen LogP contribution is 2.33. The second kappa shape index (κ2) is 5.59. The average Bonchev–Trinajstić information content (AvgIpc) is 2.83. The molecule has 1 aliphatic rings. The van der Waals surface area contributed by atoms with Crippen molar-refractivity contribution in [3.8, 4) is 0 Å². The van der Waals surface area contributed by atoms with Crippen LogP contribution < -0.4 is 0 Å². The molecule has 1 aliphatic carbocycles. The van der Waals surface area contributed by atoms with E-state index < -0.39 is 0 Å². The van der Waals surface area contributed by atoms with E-state index in [1.807, 2.05) is 11.4 Å². The van der Waals surface area contributed by atoms with Crippen molar-refractivity contribution in [3.05, 3.63) is 56.2 Å². The molecule has 3 heteroatoms. The van der Waals surface area contributed by atoms with E-state index in [0.29, 0.717) is 12.2 Å². The van der Waals surface area contributed by atoms with Gasteiger partial charge in [-0.05, 0) is 52.4 Å². The number of ketones is 1. The quantitative estimate of drug-likeness (QED) is 0.792. The molecule has 1 heterocycles. The van der Waals surface area contributed by atoms with Crippen LogP contribution in [0.2, 0.25) is 0 Å². The minimum Gasteiger partial charge on any atom is -0.299 e. The average molecular weight is 335 g/mol. The number of rotatable bonds is 3. The Morgan fingerprint density at radius 1 is 1.37 bits per heavy atom. The zero-order valence-electron chi connectivity index (χ0n) is 10.6. The summed E-state index contributed by atoms with van der Waals surface area (Å²) < 4.78 is 1.07. The molecule has 0 amide bonds. The molecule has 1 nitrogen and oxygen atoms in total. The number of benzene rings is 1. The Balaban J connectivity index is 1.81. The van der Waals surface area contributed by atoms with Gasteiger partial charge in [-0.3, -0.25) is 4.79 Å². The van der Waals surface area contributed by atoms with E-state index in [-0.39, 0.29) is 5.92 Å². The van der Waals surface area contributed by atoms with E-state index in [1.165, 1.54) is 11.1 Å². The van der Waals surface area contributed by atoms with Crippen LogP contribution in [0, 0.1) is 0 Å². The summed E-state index contributed by atoms with van der Waals surface area (Å²) in [6.45, 7) is 0. The summed E-state index contributed by atoms with van der Waals surface area (Å²) in [7, 11) is 0. The normalized spacial score (nSPS) is 18.1. The van der Waals surface area contributed by atoms with Crippen molar-refractivity contribution in [2.24, 2.45) is 0 Å². The van der Waals surface area contributed by atoms with Crippen molar-refractivity contribution in [1.29, 1.82) is 0 Å². The summed E-state index contributed by atoms with van der Waals surface area (Å²) in [4.78, 5) is 13.7. The number of fused-ring (bicyclic) bond motifs is 1. The Morgan fingerprint density at radius 2 is 2.21 bits per heavy atom. The third-order valence-electron chi connectivity index (χ3n) is 3.73. The van der Waals surface area contributed by atoms with Crippen LogP contribution in [0.1, 0.15) is 34.8 Å². The molecule has 0 N–H and O–H groups in total. The number of carbonyl (C=O) groups is 1. The van der Waals surface area contributed by atoms with E-state index >= 15 is 0 Å². The largest absolute Gasteiger partial charge is 0.299 e. The van der Waals surface area contributed by atoms with Gasteiger partial charge in [0, 0.05) is 27.1 Å². The van der Waals surface area contributed by atoms with Gasteiger partial charge >= 0.3 is 0 Å². The first-order chi connectivity index (χ1) is 9.24. The lowest BCUT2D eigenvalue weighted by molar-refractivity contribution is -0.120. The van der Waals surface area contributed by atoms with Crippen LogP contribution in [0.3, 0.4) is 0 Å². The molecule has 0 spiro atoms. The van der Waals surface area contributed by atoms with Crippen LogP contribution in [0.5, 0.6) is 0 Å². The first-order valence-corrected chi connectivity index (χ1v) is 8.25. The molecule has 2 aromatic rings. The van der Waals surface area contributed by atoms with Gasteiger partial charge in [0.25, 0.3) is 0 Å². The lowest BCUT2D eigenvalue weighted by atomic mass is 9.80. The van der Waals surface area contributed by atoms with Gasteiger partial charge < -0.3 is 0 Å². The van der Waals surface area contributed by atoms with E-state index in [1.54, 1.807) is 11.3 Å². The van der Waals surface area contributed by atoms with Crippen LogP contribution in [0.25, 0.3) is 0 Å². The molecular formula is C16H15BrOS. The zero-order valence-corrected chi connectivity index (χ0v) is 13.0. The van der Waals surface area contributed by atoms with E-state index in [2.05, 4.69) is 40.2 Å². The van der Waals surface area contributed by atoms with Gasteiger partial charge in [0.15, 0.2) is 0 Å². The highest BCUT2D eigenvalue weighted by Gasteiger charge is 2.26. The van der Waals surface area contributed by atoms with Crippen LogP contribution in [0.4, 0.5) is 0 Å². The Hall–Kier alpha value is -0.930. The summed E-state index contributed by atoms with van der Waals surface area (Å²) in [6.07, 6.45) is 3.81. The van der Waals surface area contributed by atoms with Crippen molar-refractivity contribution in [2.45, 2.75) is 31.6 Å². The third kappa shape index (κ3) is 2.82. The van der Waals surface area contributed by atoms with E-state index in [0.717, 1.165) is 28.6 Å². The van der Waals surface area contributed by atoms with E-state index in [4.69, 9.17) is 0 Å². The Labute approximate surface area is 125 Å². The van der Waals surface area contributed by atoms with Crippen molar-refractivity contribution >= 4 is 33.0 Å². The SMILES string of the molecule is O=C(Cc1cc(Br)cs1)C1CCCc2ccccc21. The predicted octanol–water partition coefficient (Wildman–Crippen LogP) is 4.74.